The molecule has 0 aliphatic carbocycles. The molecule has 0 unspecified atom stereocenters. The van der Waals surface area contributed by atoms with Crippen LogP contribution in [0.25, 0.3) is 0 Å². The highest BCUT2D eigenvalue weighted by Crippen LogP contribution is 2.32. The topological polar surface area (TPSA) is 80.1 Å². The summed E-state index contributed by atoms with van der Waals surface area (Å²) < 4.78 is 0. The van der Waals surface area contributed by atoms with Crippen molar-refractivity contribution in [3.8, 4) is 0 Å². The summed E-state index contributed by atoms with van der Waals surface area (Å²) in [7, 11) is 1.67. The summed E-state index contributed by atoms with van der Waals surface area (Å²) >= 11 is 11.8. The summed E-state index contributed by atoms with van der Waals surface area (Å²) in [6.07, 6.45) is 0. The molecule has 104 valence electrons. The zero-order valence-corrected chi connectivity index (χ0v) is 11.9. The van der Waals surface area contributed by atoms with Crippen molar-refractivity contribution in [3.05, 3.63) is 50.5 Å². The van der Waals surface area contributed by atoms with E-state index in [4.69, 9.17) is 23.2 Å². The van der Waals surface area contributed by atoms with Gasteiger partial charge in [0.05, 0.1) is 15.6 Å². The van der Waals surface area contributed by atoms with E-state index in [9.17, 15) is 10.1 Å². The molecule has 0 saturated heterocycles. The van der Waals surface area contributed by atoms with E-state index in [1.54, 1.807) is 25.2 Å². The highest BCUT2D eigenvalue weighted by atomic mass is 35.5. The fraction of sp³-hybridized carbons (Fsp3) is 0.0833. The number of hydrogen-bond donors (Lipinski definition) is 2. The van der Waals surface area contributed by atoms with E-state index in [0.29, 0.717) is 21.6 Å². The lowest BCUT2D eigenvalue weighted by atomic mass is 10.3. The maximum absolute atomic E-state index is 11.0. The first-order chi connectivity index (χ1) is 9.51. The number of nitrogens with one attached hydrogen (secondary N) is 2. The lowest BCUT2D eigenvalue weighted by Crippen LogP contribution is -2.02. The van der Waals surface area contributed by atoms with Gasteiger partial charge in [0.2, 0.25) is 5.82 Å². The Morgan fingerprint density at radius 1 is 1.25 bits per heavy atom. The fourth-order valence-corrected chi connectivity index (χ4v) is 2.00. The van der Waals surface area contributed by atoms with Crippen LogP contribution in [0.1, 0.15) is 0 Å². The molecule has 1 aromatic carbocycles. The lowest BCUT2D eigenvalue weighted by Gasteiger charge is -2.09. The summed E-state index contributed by atoms with van der Waals surface area (Å²) in [5.74, 6) is 0.606. The number of anilines is 3. The SMILES string of the molecule is CNc1ccc([N+](=O)[O-])c(Nc2ccc(Cl)cc2Cl)n1. The Morgan fingerprint density at radius 3 is 2.60 bits per heavy atom. The first-order valence-corrected chi connectivity index (χ1v) is 6.32. The molecule has 0 spiro atoms. The quantitative estimate of drug-likeness (QED) is 0.656. The number of halogens is 2. The minimum absolute atomic E-state index is 0.103. The van der Waals surface area contributed by atoms with Gasteiger partial charge in [-0.3, -0.25) is 10.1 Å². The summed E-state index contributed by atoms with van der Waals surface area (Å²) in [5.41, 5.74) is 0.343. The van der Waals surface area contributed by atoms with E-state index in [1.807, 2.05) is 0 Å². The third-order valence-corrected chi connectivity index (χ3v) is 3.06. The second kappa shape index (κ2) is 5.94. The average molecular weight is 313 g/mol. The van der Waals surface area contributed by atoms with Gasteiger partial charge in [0.25, 0.3) is 0 Å². The van der Waals surface area contributed by atoms with Crippen LogP contribution < -0.4 is 10.6 Å². The van der Waals surface area contributed by atoms with Crippen LogP contribution in [0.5, 0.6) is 0 Å². The number of hydrogen-bond acceptors (Lipinski definition) is 5. The van der Waals surface area contributed by atoms with Gasteiger partial charge in [-0.05, 0) is 24.3 Å². The van der Waals surface area contributed by atoms with Crippen molar-refractivity contribution in [1.82, 2.24) is 4.98 Å². The van der Waals surface area contributed by atoms with Crippen LogP contribution in [0.15, 0.2) is 30.3 Å². The van der Waals surface area contributed by atoms with Gasteiger partial charge in [-0.2, -0.15) is 0 Å². The van der Waals surface area contributed by atoms with Gasteiger partial charge in [0.1, 0.15) is 5.82 Å². The number of nitro groups is 1. The van der Waals surface area contributed by atoms with E-state index in [2.05, 4.69) is 15.6 Å². The van der Waals surface area contributed by atoms with Crippen molar-refractivity contribution in [2.75, 3.05) is 17.7 Å². The van der Waals surface area contributed by atoms with Gasteiger partial charge < -0.3 is 10.6 Å². The Bertz CT molecular complexity index is 664. The smallest absolute Gasteiger partial charge is 0.311 e. The Labute approximate surface area is 124 Å². The standard InChI is InChI=1S/C12H10Cl2N4O2/c1-15-11-5-4-10(18(19)20)12(17-11)16-9-3-2-7(13)6-8(9)14/h2-6H,1H3,(H2,15,16,17). The summed E-state index contributed by atoms with van der Waals surface area (Å²) in [5, 5.41) is 17.5. The number of benzene rings is 1. The van der Waals surface area contributed by atoms with E-state index >= 15 is 0 Å². The highest BCUT2D eigenvalue weighted by molar-refractivity contribution is 6.36. The van der Waals surface area contributed by atoms with Crippen LogP contribution in [0.3, 0.4) is 0 Å². The summed E-state index contributed by atoms with van der Waals surface area (Å²) in [6, 6.07) is 7.68. The van der Waals surface area contributed by atoms with Crippen LogP contribution in [-0.4, -0.2) is 17.0 Å². The van der Waals surface area contributed by atoms with Crippen molar-refractivity contribution in [2.24, 2.45) is 0 Å². The number of aromatic nitrogens is 1. The molecular formula is C12H10Cl2N4O2. The predicted octanol–water partition coefficient (Wildman–Crippen LogP) is 4.08. The average Bonchev–Trinajstić information content (AvgIpc) is 2.41. The lowest BCUT2D eigenvalue weighted by molar-refractivity contribution is -0.384. The molecule has 2 rings (SSSR count). The highest BCUT2D eigenvalue weighted by Gasteiger charge is 2.17. The molecule has 0 radical (unpaired) electrons. The van der Waals surface area contributed by atoms with Gasteiger partial charge in [0, 0.05) is 18.1 Å². The third-order valence-electron chi connectivity index (χ3n) is 2.51. The minimum atomic E-state index is -0.515. The zero-order valence-electron chi connectivity index (χ0n) is 10.4. The summed E-state index contributed by atoms with van der Waals surface area (Å²) in [6.45, 7) is 0. The van der Waals surface area contributed by atoms with E-state index in [0.717, 1.165) is 0 Å². The molecule has 1 heterocycles. The second-order valence-electron chi connectivity index (χ2n) is 3.82. The first kappa shape index (κ1) is 14.4. The molecular weight excluding hydrogens is 303 g/mol. The maximum Gasteiger partial charge on any atom is 0.311 e. The van der Waals surface area contributed by atoms with Gasteiger partial charge in [-0.1, -0.05) is 23.2 Å². The van der Waals surface area contributed by atoms with Gasteiger partial charge in [-0.15, -0.1) is 0 Å². The molecule has 2 aromatic rings. The predicted molar refractivity (Wildman–Crippen MR) is 80.2 cm³/mol. The fourth-order valence-electron chi connectivity index (χ4n) is 1.55. The number of pyridine rings is 1. The molecule has 0 fully saturated rings. The molecule has 0 saturated carbocycles. The largest absolute Gasteiger partial charge is 0.373 e. The molecule has 0 amide bonds. The summed E-state index contributed by atoms with van der Waals surface area (Å²) in [4.78, 5) is 14.6. The zero-order chi connectivity index (χ0) is 14.7. The van der Waals surface area contributed by atoms with Crippen molar-refractivity contribution in [1.29, 1.82) is 0 Å². The van der Waals surface area contributed by atoms with E-state index < -0.39 is 4.92 Å². The normalized spacial score (nSPS) is 10.2. The van der Waals surface area contributed by atoms with E-state index in [1.165, 1.54) is 12.1 Å². The Morgan fingerprint density at radius 2 is 2.00 bits per heavy atom. The maximum atomic E-state index is 11.0. The molecule has 0 atom stereocenters. The molecule has 2 N–H and O–H groups in total. The molecule has 0 aliphatic rings. The van der Waals surface area contributed by atoms with Crippen LogP contribution in [0.2, 0.25) is 10.0 Å². The number of nitrogens with zero attached hydrogens (tertiary/aromatic N) is 2. The Kier molecular flexibility index (Phi) is 4.26. The van der Waals surface area contributed by atoms with Crippen LogP contribution in [-0.2, 0) is 0 Å². The molecule has 8 heteroatoms. The molecule has 1 aromatic heterocycles. The Hall–Kier alpha value is -2.05. The molecule has 0 bridgehead atoms. The van der Waals surface area contributed by atoms with Gasteiger partial charge >= 0.3 is 5.69 Å². The molecule has 6 nitrogen and oxygen atoms in total. The first-order valence-electron chi connectivity index (χ1n) is 5.56. The van der Waals surface area contributed by atoms with Crippen LogP contribution in [0, 0.1) is 10.1 Å². The molecule has 20 heavy (non-hydrogen) atoms. The van der Waals surface area contributed by atoms with Gasteiger partial charge in [0.15, 0.2) is 0 Å². The van der Waals surface area contributed by atoms with Crippen LogP contribution >= 0.6 is 23.2 Å². The monoisotopic (exact) mass is 312 g/mol. The number of rotatable bonds is 4. The third kappa shape index (κ3) is 3.09. The van der Waals surface area contributed by atoms with Crippen molar-refractivity contribution >= 4 is 46.2 Å². The molecule has 0 aliphatic heterocycles. The van der Waals surface area contributed by atoms with Crippen molar-refractivity contribution in [2.45, 2.75) is 0 Å². The van der Waals surface area contributed by atoms with Crippen LogP contribution in [0.4, 0.5) is 23.0 Å². The Balaban J connectivity index is 2.43. The van der Waals surface area contributed by atoms with E-state index in [-0.39, 0.29) is 11.5 Å². The minimum Gasteiger partial charge on any atom is -0.373 e. The van der Waals surface area contributed by atoms with Crippen molar-refractivity contribution < 1.29 is 4.92 Å². The second-order valence-corrected chi connectivity index (χ2v) is 4.66. The van der Waals surface area contributed by atoms with Gasteiger partial charge in [-0.25, -0.2) is 4.98 Å². The van der Waals surface area contributed by atoms with Crippen molar-refractivity contribution in [3.63, 3.8) is 0 Å².